The first-order valence-electron chi connectivity index (χ1n) is 7.48. The van der Waals surface area contributed by atoms with Crippen molar-refractivity contribution in [3.63, 3.8) is 0 Å². The quantitative estimate of drug-likeness (QED) is 0.805. The Labute approximate surface area is 134 Å². The van der Waals surface area contributed by atoms with E-state index in [9.17, 15) is 4.79 Å². The molecule has 1 amide bonds. The maximum Gasteiger partial charge on any atom is 0.270 e. The van der Waals surface area contributed by atoms with Gasteiger partial charge in [-0.15, -0.1) is 0 Å². The summed E-state index contributed by atoms with van der Waals surface area (Å²) in [6, 6.07) is 13.2. The zero-order chi connectivity index (χ0) is 16.4. The summed E-state index contributed by atoms with van der Waals surface area (Å²) in [6.45, 7) is 3.80. The van der Waals surface area contributed by atoms with Gasteiger partial charge in [0.2, 0.25) is 0 Å². The molecule has 1 aromatic carbocycles. The highest BCUT2D eigenvalue weighted by molar-refractivity contribution is 5.94. The molecule has 3 aromatic rings. The molecule has 0 spiro atoms. The smallest absolute Gasteiger partial charge is 0.270 e. The van der Waals surface area contributed by atoms with E-state index in [1.165, 1.54) is 0 Å². The molecule has 0 radical (unpaired) electrons. The highest BCUT2D eigenvalue weighted by atomic mass is 16.5. The lowest BCUT2D eigenvalue weighted by molar-refractivity contribution is 0.0933. The van der Waals surface area contributed by atoms with Crippen molar-refractivity contribution in [3.8, 4) is 5.75 Å². The Morgan fingerprint density at radius 3 is 2.65 bits per heavy atom. The van der Waals surface area contributed by atoms with Gasteiger partial charge < -0.3 is 10.1 Å². The van der Waals surface area contributed by atoms with Gasteiger partial charge in [-0.05, 0) is 43.7 Å². The van der Waals surface area contributed by atoms with Crippen molar-refractivity contribution in [1.29, 1.82) is 0 Å². The molecule has 118 valence electrons. The third-order valence-electron chi connectivity index (χ3n) is 3.88. The van der Waals surface area contributed by atoms with E-state index in [-0.39, 0.29) is 11.9 Å². The van der Waals surface area contributed by atoms with Crippen molar-refractivity contribution >= 4 is 11.6 Å². The molecular formula is C18H19N3O2. The van der Waals surface area contributed by atoms with Crippen molar-refractivity contribution in [2.75, 3.05) is 7.11 Å². The fourth-order valence-corrected chi connectivity index (χ4v) is 2.63. The highest BCUT2D eigenvalue weighted by Gasteiger charge is 2.18. The van der Waals surface area contributed by atoms with E-state index in [2.05, 4.69) is 10.3 Å². The van der Waals surface area contributed by atoms with Crippen molar-refractivity contribution < 1.29 is 9.53 Å². The molecule has 0 fully saturated rings. The third kappa shape index (κ3) is 2.90. The molecule has 2 heterocycles. The molecule has 0 saturated carbocycles. The molecule has 0 saturated heterocycles. The van der Waals surface area contributed by atoms with Gasteiger partial charge in [0.25, 0.3) is 5.91 Å². The number of pyridine rings is 1. The fraction of sp³-hybridized carbons (Fsp3) is 0.222. The Kier molecular flexibility index (Phi) is 4.02. The number of nitrogens with one attached hydrogen (secondary N) is 1. The van der Waals surface area contributed by atoms with Gasteiger partial charge in [-0.1, -0.05) is 18.2 Å². The van der Waals surface area contributed by atoms with Crippen LogP contribution in [0.1, 0.15) is 34.7 Å². The number of methoxy groups -OCH3 is 1. The molecule has 2 aromatic heterocycles. The minimum atomic E-state index is -0.135. The second-order valence-electron chi connectivity index (χ2n) is 5.44. The fourth-order valence-electron chi connectivity index (χ4n) is 2.63. The summed E-state index contributed by atoms with van der Waals surface area (Å²) in [4.78, 5) is 17.1. The van der Waals surface area contributed by atoms with Crippen molar-refractivity contribution in [1.82, 2.24) is 14.7 Å². The number of fused-ring (bicyclic) bond motifs is 1. The van der Waals surface area contributed by atoms with Crippen LogP contribution in [0.3, 0.4) is 0 Å². The molecule has 5 heteroatoms. The normalized spacial score (nSPS) is 12.1. The van der Waals surface area contributed by atoms with Crippen LogP contribution in [0.2, 0.25) is 0 Å². The van der Waals surface area contributed by atoms with Crippen LogP contribution in [0.15, 0.2) is 48.7 Å². The average Bonchev–Trinajstić information content (AvgIpc) is 2.90. The number of nitrogens with zero attached hydrogens (tertiary/aromatic N) is 2. The molecule has 0 bridgehead atoms. The van der Waals surface area contributed by atoms with Gasteiger partial charge in [0.15, 0.2) is 0 Å². The summed E-state index contributed by atoms with van der Waals surface area (Å²) in [5, 5.41) is 3.03. The Hall–Kier alpha value is -2.82. The molecule has 0 aliphatic carbocycles. The molecule has 0 aliphatic heterocycles. The van der Waals surface area contributed by atoms with Crippen LogP contribution in [0.25, 0.3) is 5.65 Å². The van der Waals surface area contributed by atoms with E-state index in [0.717, 1.165) is 22.7 Å². The van der Waals surface area contributed by atoms with Gasteiger partial charge in [0.1, 0.15) is 17.1 Å². The number of aryl methyl sites for hydroxylation is 1. The average molecular weight is 309 g/mol. The van der Waals surface area contributed by atoms with E-state index in [0.29, 0.717) is 5.69 Å². The lowest BCUT2D eigenvalue weighted by atomic mass is 10.1. The summed E-state index contributed by atoms with van der Waals surface area (Å²) in [5.41, 5.74) is 3.08. The van der Waals surface area contributed by atoms with E-state index in [1.54, 1.807) is 7.11 Å². The van der Waals surface area contributed by atoms with Crippen LogP contribution < -0.4 is 10.1 Å². The van der Waals surface area contributed by atoms with Crippen LogP contribution in [0.4, 0.5) is 0 Å². The first-order chi connectivity index (χ1) is 11.1. The van der Waals surface area contributed by atoms with Gasteiger partial charge in [0, 0.05) is 6.20 Å². The number of imidazole rings is 1. The SMILES string of the molecule is COc1ccc([C@H](C)NC(=O)c2c(C)nc3ccccn23)cc1. The van der Waals surface area contributed by atoms with E-state index >= 15 is 0 Å². The van der Waals surface area contributed by atoms with Gasteiger partial charge in [0.05, 0.1) is 18.8 Å². The standard InChI is InChI=1S/C18H19N3O2/c1-12(14-7-9-15(23-3)10-8-14)20-18(22)17-13(2)19-16-6-4-5-11-21(16)17/h4-12H,1-3H3,(H,20,22)/t12-/m0/s1. The summed E-state index contributed by atoms with van der Waals surface area (Å²) in [6.07, 6.45) is 1.85. The van der Waals surface area contributed by atoms with Crippen LogP contribution in [0.5, 0.6) is 5.75 Å². The summed E-state index contributed by atoms with van der Waals surface area (Å²) < 4.78 is 6.96. The highest BCUT2D eigenvalue weighted by Crippen LogP contribution is 2.18. The molecule has 1 N–H and O–H groups in total. The number of rotatable bonds is 4. The maximum atomic E-state index is 12.7. The number of hydrogen-bond donors (Lipinski definition) is 1. The van der Waals surface area contributed by atoms with Crippen molar-refractivity contribution in [2.24, 2.45) is 0 Å². The Morgan fingerprint density at radius 1 is 1.22 bits per heavy atom. The van der Waals surface area contributed by atoms with Crippen molar-refractivity contribution in [3.05, 3.63) is 65.6 Å². The second kappa shape index (κ2) is 6.12. The number of aromatic nitrogens is 2. The monoisotopic (exact) mass is 309 g/mol. The Bertz CT molecular complexity index is 837. The van der Waals surface area contributed by atoms with E-state index < -0.39 is 0 Å². The number of amides is 1. The van der Waals surface area contributed by atoms with Crippen LogP contribution >= 0.6 is 0 Å². The summed E-state index contributed by atoms with van der Waals surface area (Å²) in [7, 11) is 1.63. The minimum Gasteiger partial charge on any atom is -0.497 e. The van der Waals surface area contributed by atoms with Crippen molar-refractivity contribution in [2.45, 2.75) is 19.9 Å². The van der Waals surface area contributed by atoms with Crippen LogP contribution in [-0.2, 0) is 0 Å². The Balaban J connectivity index is 1.83. The number of carbonyl (C=O) groups excluding carboxylic acids is 1. The van der Waals surface area contributed by atoms with Gasteiger partial charge in [-0.25, -0.2) is 4.98 Å². The lowest BCUT2D eigenvalue weighted by Gasteiger charge is -2.15. The van der Waals surface area contributed by atoms with Gasteiger partial charge in [-0.2, -0.15) is 0 Å². The van der Waals surface area contributed by atoms with Gasteiger partial charge in [-0.3, -0.25) is 9.20 Å². The maximum absolute atomic E-state index is 12.7. The van der Waals surface area contributed by atoms with E-state index in [4.69, 9.17) is 4.74 Å². The minimum absolute atomic E-state index is 0.109. The lowest BCUT2D eigenvalue weighted by Crippen LogP contribution is -2.28. The predicted octanol–water partition coefficient (Wildman–Crippen LogP) is 3.14. The number of hydrogen-bond acceptors (Lipinski definition) is 3. The zero-order valence-corrected chi connectivity index (χ0v) is 13.4. The topological polar surface area (TPSA) is 55.6 Å². The molecule has 23 heavy (non-hydrogen) atoms. The summed E-state index contributed by atoms with van der Waals surface area (Å²) in [5.74, 6) is 0.662. The first kappa shape index (κ1) is 15.1. The Morgan fingerprint density at radius 2 is 1.96 bits per heavy atom. The molecule has 5 nitrogen and oxygen atoms in total. The summed E-state index contributed by atoms with van der Waals surface area (Å²) >= 11 is 0. The second-order valence-corrected chi connectivity index (χ2v) is 5.44. The largest absolute Gasteiger partial charge is 0.497 e. The van der Waals surface area contributed by atoms with Crippen LogP contribution in [0, 0.1) is 6.92 Å². The molecule has 0 aliphatic rings. The molecule has 0 unspecified atom stereocenters. The number of benzene rings is 1. The predicted molar refractivity (Wildman–Crippen MR) is 88.8 cm³/mol. The third-order valence-corrected chi connectivity index (χ3v) is 3.88. The zero-order valence-electron chi connectivity index (χ0n) is 13.4. The van der Waals surface area contributed by atoms with Gasteiger partial charge >= 0.3 is 0 Å². The molecule has 1 atom stereocenters. The number of carbonyl (C=O) groups is 1. The van der Waals surface area contributed by atoms with Crippen LogP contribution in [-0.4, -0.2) is 22.4 Å². The molecular weight excluding hydrogens is 290 g/mol. The first-order valence-corrected chi connectivity index (χ1v) is 7.48. The number of ether oxygens (including phenoxy) is 1. The molecule has 3 rings (SSSR count). The van der Waals surface area contributed by atoms with E-state index in [1.807, 2.05) is 66.9 Å².